The standard InChI is InChI=1S/C25H31N3O4S/c1-5-32-25(30)22-20-9-6-7-10-21(20)33-24(22)28-16(2)13-18(17(28)3)14-19(15-26)23(29)27-11-8-12-31-4/h13-14H,5-12H2,1-4H3,(H,27,29)/b19-14+. The van der Waals surface area contributed by atoms with E-state index in [0.717, 1.165) is 53.2 Å². The number of aryl methyl sites for hydroxylation is 2. The first-order valence-corrected chi connectivity index (χ1v) is 12.1. The third-order valence-electron chi connectivity index (χ3n) is 5.78. The molecule has 0 bridgehead atoms. The third kappa shape index (κ3) is 5.37. The number of aromatic nitrogens is 1. The number of ether oxygens (including phenoxy) is 2. The van der Waals surface area contributed by atoms with Crippen molar-refractivity contribution in [1.82, 2.24) is 9.88 Å². The van der Waals surface area contributed by atoms with Crippen molar-refractivity contribution in [2.24, 2.45) is 0 Å². The van der Waals surface area contributed by atoms with Crippen LogP contribution >= 0.6 is 11.3 Å². The van der Waals surface area contributed by atoms with Crippen LogP contribution in [0.5, 0.6) is 0 Å². The smallest absolute Gasteiger partial charge is 0.341 e. The molecule has 2 aromatic rings. The lowest BCUT2D eigenvalue weighted by molar-refractivity contribution is -0.117. The molecule has 3 rings (SSSR count). The van der Waals surface area contributed by atoms with Crippen molar-refractivity contribution >= 4 is 29.3 Å². The minimum Gasteiger partial charge on any atom is -0.462 e. The molecule has 2 heterocycles. The number of methoxy groups -OCH3 is 1. The molecule has 0 aliphatic heterocycles. The molecular weight excluding hydrogens is 438 g/mol. The maximum Gasteiger partial charge on any atom is 0.341 e. The molecule has 0 unspecified atom stereocenters. The first-order valence-electron chi connectivity index (χ1n) is 11.3. The Labute approximate surface area is 199 Å². The molecule has 1 aliphatic carbocycles. The van der Waals surface area contributed by atoms with E-state index in [4.69, 9.17) is 9.47 Å². The minimum absolute atomic E-state index is 0.0451. The van der Waals surface area contributed by atoms with Gasteiger partial charge < -0.3 is 19.4 Å². The van der Waals surface area contributed by atoms with E-state index in [1.54, 1.807) is 24.5 Å². The van der Waals surface area contributed by atoms with Gasteiger partial charge in [-0.25, -0.2) is 4.79 Å². The van der Waals surface area contributed by atoms with E-state index in [0.29, 0.717) is 31.7 Å². The lowest BCUT2D eigenvalue weighted by Crippen LogP contribution is -2.26. The van der Waals surface area contributed by atoms with E-state index >= 15 is 0 Å². The van der Waals surface area contributed by atoms with Gasteiger partial charge in [0.1, 0.15) is 16.6 Å². The van der Waals surface area contributed by atoms with Gasteiger partial charge in [0.2, 0.25) is 0 Å². The molecule has 8 heteroatoms. The molecule has 0 saturated carbocycles. The van der Waals surface area contributed by atoms with Gasteiger partial charge >= 0.3 is 5.97 Å². The number of fused-ring (bicyclic) bond motifs is 1. The lowest BCUT2D eigenvalue weighted by atomic mass is 9.95. The number of hydrogen-bond donors (Lipinski definition) is 1. The molecule has 33 heavy (non-hydrogen) atoms. The van der Waals surface area contributed by atoms with Crippen molar-refractivity contribution in [2.75, 3.05) is 26.9 Å². The summed E-state index contributed by atoms with van der Waals surface area (Å²) < 4.78 is 12.4. The predicted molar refractivity (Wildman–Crippen MR) is 129 cm³/mol. The van der Waals surface area contributed by atoms with Crippen LogP contribution in [0.1, 0.15) is 63.9 Å². The highest BCUT2D eigenvalue weighted by Crippen LogP contribution is 2.39. The van der Waals surface area contributed by atoms with Gasteiger partial charge in [-0.1, -0.05) is 0 Å². The molecule has 2 aromatic heterocycles. The number of nitrogens with one attached hydrogen (secondary N) is 1. The van der Waals surface area contributed by atoms with E-state index in [2.05, 4.69) is 5.32 Å². The van der Waals surface area contributed by atoms with Crippen molar-refractivity contribution < 1.29 is 19.1 Å². The van der Waals surface area contributed by atoms with Crippen LogP contribution in [-0.2, 0) is 27.1 Å². The average molecular weight is 470 g/mol. The molecule has 0 atom stereocenters. The summed E-state index contributed by atoms with van der Waals surface area (Å²) in [6, 6.07) is 3.95. The predicted octanol–water partition coefficient (Wildman–Crippen LogP) is 4.27. The van der Waals surface area contributed by atoms with Crippen molar-refractivity contribution in [3.8, 4) is 11.1 Å². The van der Waals surface area contributed by atoms with Crippen LogP contribution in [0, 0.1) is 25.2 Å². The minimum atomic E-state index is -0.405. The molecule has 1 N–H and O–H groups in total. The third-order valence-corrected chi connectivity index (χ3v) is 7.06. The Hall–Kier alpha value is -2.89. The maximum absolute atomic E-state index is 12.9. The van der Waals surface area contributed by atoms with Gasteiger partial charge in [-0.15, -0.1) is 11.3 Å². The Morgan fingerprint density at radius 1 is 1.30 bits per heavy atom. The monoisotopic (exact) mass is 469 g/mol. The Morgan fingerprint density at radius 3 is 2.76 bits per heavy atom. The topological polar surface area (TPSA) is 93.4 Å². The van der Waals surface area contributed by atoms with Gasteiger partial charge in [0.25, 0.3) is 5.91 Å². The van der Waals surface area contributed by atoms with E-state index in [9.17, 15) is 14.9 Å². The van der Waals surface area contributed by atoms with Gasteiger partial charge in [-0.3, -0.25) is 4.79 Å². The van der Waals surface area contributed by atoms with E-state index in [1.807, 2.05) is 37.5 Å². The number of amides is 1. The second-order valence-electron chi connectivity index (χ2n) is 8.05. The van der Waals surface area contributed by atoms with E-state index in [-0.39, 0.29) is 11.5 Å². The fourth-order valence-corrected chi connectivity index (χ4v) is 5.67. The summed E-state index contributed by atoms with van der Waals surface area (Å²) in [6.45, 7) is 7.03. The van der Waals surface area contributed by atoms with E-state index in [1.165, 1.54) is 4.88 Å². The van der Waals surface area contributed by atoms with Gasteiger partial charge in [-0.05, 0) is 76.1 Å². The number of rotatable bonds is 9. The fraction of sp³-hybridized carbons (Fsp3) is 0.480. The number of esters is 1. The fourth-order valence-electron chi connectivity index (χ4n) is 4.19. The van der Waals surface area contributed by atoms with Gasteiger partial charge in [0, 0.05) is 36.5 Å². The normalized spacial score (nSPS) is 13.4. The molecule has 1 aliphatic rings. The number of nitriles is 1. The Balaban J connectivity index is 2.00. The van der Waals surface area contributed by atoms with Gasteiger partial charge in [0.15, 0.2) is 0 Å². The zero-order valence-corrected chi connectivity index (χ0v) is 20.6. The molecule has 7 nitrogen and oxygen atoms in total. The zero-order valence-electron chi connectivity index (χ0n) is 19.7. The second kappa shape index (κ2) is 11.3. The van der Waals surface area contributed by atoms with Crippen LogP contribution in [0.3, 0.4) is 0 Å². The highest BCUT2D eigenvalue weighted by Gasteiger charge is 2.28. The molecule has 0 spiro atoms. The number of thiophene rings is 1. The summed E-state index contributed by atoms with van der Waals surface area (Å²) in [5.74, 6) is -0.693. The second-order valence-corrected chi connectivity index (χ2v) is 9.13. The largest absolute Gasteiger partial charge is 0.462 e. The zero-order chi connectivity index (χ0) is 24.0. The molecular formula is C25H31N3O4S. The summed E-state index contributed by atoms with van der Waals surface area (Å²) in [4.78, 5) is 26.6. The van der Waals surface area contributed by atoms with Crippen LogP contribution in [0.15, 0.2) is 11.6 Å². The number of carbonyl (C=O) groups excluding carboxylic acids is 2. The molecule has 0 saturated heterocycles. The quantitative estimate of drug-likeness (QED) is 0.256. The van der Waals surface area contributed by atoms with E-state index < -0.39 is 5.91 Å². The highest BCUT2D eigenvalue weighted by atomic mass is 32.1. The summed E-state index contributed by atoms with van der Waals surface area (Å²) in [5, 5.41) is 13.2. The Morgan fingerprint density at radius 2 is 2.06 bits per heavy atom. The Kier molecular flexibility index (Phi) is 8.48. The number of nitrogens with zero attached hydrogens (tertiary/aromatic N) is 2. The summed E-state index contributed by atoms with van der Waals surface area (Å²) in [7, 11) is 1.61. The molecule has 1 amide bonds. The molecule has 0 radical (unpaired) electrons. The van der Waals surface area contributed by atoms with Crippen LogP contribution in [0.2, 0.25) is 0 Å². The summed E-state index contributed by atoms with van der Waals surface area (Å²) in [5.41, 5.74) is 4.39. The van der Waals surface area contributed by atoms with Gasteiger partial charge in [0.05, 0.1) is 12.2 Å². The van der Waals surface area contributed by atoms with Crippen molar-refractivity contribution in [2.45, 2.75) is 52.9 Å². The van der Waals surface area contributed by atoms with Crippen LogP contribution < -0.4 is 5.32 Å². The van der Waals surface area contributed by atoms with Crippen LogP contribution in [0.4, 0.5) is 0 Å². The van der Waals surface area contributed by atoms with Crippen molar-refractivity contribution in [1.29, 1.82) is 5.26 Å². The van der Waals surface area contributed by atoms with Crippen molar-refractivity contribution in [3.63, 3.8) is 0 Å². The number of hydrogen-bond acceptors (Lipinski definition) is 6. The van der Waals surface area contributed by atoms with Crippen LogP contribution in [0.25, 0.3) is 11.1 Å². The first kappa shape index (κ1) is 24.7. The number of carbonyl (C=O) groups is 2. The maximum atomic E-state index is 12.9. The summed E-state index contributed by atoms with van der Waals surface area (Å²) >= 11 is 1.64. The Bertz CT molecular complexity index is 1100. The molecule has 0 fully saturated rings. The highest BCUT2D eigenvalue weighted by molar-refractivity contribution is 7.15. The first-order chi connectivity index (χ1) is 15.9. The summed E-state index contributed by atoms with van der Waals surface area (Å²) in [6.07, 6.45) is 6.33. The molecule has 176 valence electrons. The average Bonchev–Trinajstić information content (AvgIpc) is 3.31. The SMILES string of the molecule is CCOC(=O)c1c(-n2c(C)cc(/C=C(\C#N)C(=O)NCCCOC)c2C)sc2c1CCCC2. The lowest BCUT2D eigenvalue weighted by Gasteiger charge is -2.13. The van der Waals surface area contributed by atoms with Crippen molar-refractivity contribution in [3.05, 3.63) is 44.6 Å². The van der Waals surface area contributed by atoms with Gasteiger partial charge in [-0.2, -0.15) is 5.26 Å². The molecule has 0 aromatic carbocycles. The van der Waals surface area contributed by atoms with Crippen LogP contribution in [-0.4, -0.2) is 43.3 Å².